The number of aryl methyl sites for hydroxylation is 1. The molecule has 3 rings (SSSR count). The minimum absolute atomic E-state index is 0.0317. The molecule has 24 heavy (non-hydrogen) atoms. The summed E-state index contributed by atoms with van der Waals surface area (Å²) in [7, 11) is 0. The van der Waals surface area contributed by atoms with Crippen molar-refractivity contribution in [2.45, 2.75) is 26.8 Å². The fourth-order valence-corrected chi connectivity index (χ4v) is 2.40. The van der Waals surface area contributed by atoms with Crippen molar-refractivity contribution in [2.75, 3.05) is 11.1 Å². The lowest BCUT2D eigenvalue weighted by Crippen LogP contribution is -2.19. The third kappa shape index (κ3) is 2.96. The number of fused-ring (bicyclic) bond motifs is 1. The number of carbonyl (C=O) groups is 2. The molecule has 0 aliphatic rings. The molecule has 0 saturated heterocycles. The average molecular weight is 327 g/mol. The number of imidazole rings is 1. The number of nitrogens with one attached hydrogen (secondary N) is 1. The van der Waals surface area contributed by atoms with Crippen molar-refractivity contribution >= 4 is 34.4 Å². The Kier molecular flexibility index (Phi) is 3.98. The van der Waals surface area contributed by atoms with Crippen molar-refractivity contribution in [3.63, 3.8) is 0 Å². The Morgan fingerprint density at radius 2 is 2.12 bits per heavy atom. The lowest BCUT2D eigenvalue weighted by molar-refractivity contribution is -0.115. The van der Waals surface area contributed by atoms with E-state index >= 15 is 0 Å². The predicted octanol–water partition coefficient (Wildman–Crippen LogP) is 1.21. The summed E-state index contributed by atoms with van der Waals surface area (Å²) in [5.74, 6) is 0.491. The van der Waals surface area contributed by atoms with E-state index in [-0.39, 0.29) is 18.4 Å². The average Bonchev–Trinajstić information content (AvgIpc) is 3.10. The molecule has 0 atom stereocenters. The standard InChI is InChI=1S/C15H17N7O2/c1-3-14(23)18-13-7-21(20-19-13)8-15(24)22-9(2)17-11-5-4-10(16)6-12(11)22/h4-7H,3,8,16H2,1-2H3,(H,18,23). The van der Waals surface area contributed by atoms with Crippen LogP contribution in [0.3, 0.4) is 0 Å². The molecule has 0 fully saturated rings. The molecule has 0 aliphatic carbocycles. The van der Waals surface area contributed by atoms with Crippen molar-refractivity contribution in [3.8, 4) is 0 Å². The van der Waals surface area contributed by atoms with Gasteiger partial charge in [-0.2, -0.15) is 0 Å². The first-order valence-corrected chi connectivity index (χ1v) is 7.45. The first-order valence-electron chi connectivity index (χ1n) is 7.45. The number of hydrogen-bond acceptors (Lipinski definition) is 6. The molecule has 0 aliphatic heterocycles. The molecule has 1 amide bonds. The Balaban J connectivity index is 1.84. The van der Waals surface area contributed by atoms with Crippen LogP contribution >= 0.6 is 0 Å². The quantitative estimate of drug-likeness (QED) is 0.695. The van der Waals surface area contributed by atoms with Gasteiger partial charge in [0.15, 0.2) is 5.82 Å². The molecule has 0 spiro atoms. The molecule has 9 heteroatoms. The second-order valence-electron chi connectivity index (χ2n) is 5.34. The molecule has 2 heterocycles. The van der Waals surface area contributed by atoms with Gasteiger partial charge < -0.3 is 11.1 Å². The SMILES string of the molecule is CCC(=O)Nc1cn(CC(=O)n2c(C)nc3ccc(N)cc32)nn1. The number of rotatable bonds is 4. The van der Waals surface area contributed by atoms with Crippen LogP contribution in [0.5, 0.6) is 0 Å². The number of carbonyl (C=O) groups excluding carboxylic acids is 2. The van der Waals surface area contributed by atoms with Crippen LogP contribution < -0.4 is 11.1 Å². The summed E-state index contributed by atoms with van der Waals surface area (Å²) in [6.07, 6.45) is 1.85. The van der Waals surface area contributed by atoms with Crippen molar-refractivity contribution < 1.29 is 9.59 Å². The third-order valence-electron chi connectivity index (χ3n) is 3.52. The Labute approximate surface area is 137 Å². The minimum Gasteiger partial charge on any atom is -0.399 e. The van der Waals surface area contributed by atoms with Crippen LogP contribution in [0.15, 0.2) is 24.4 Å². The molecule has 0 unspecified atom stereocenters. The lowest BCUT2D eigenvalue weighted by atomic mass is 10.3. The normalized spacial score (nSPS) is 10.9. The first-order chi connectivity index (χ1) is 11.5. The van der Waals surface area contributed by atoms with Crippen LogP contribution in [-0.4, -0.2) is 36.4 Å². The molecule has 124 valence electrons. The lowest BCUT2D eigenvalue weighted by Gasteiger charge is -2.05. The van der Waals surface area contributed by atoms with Gasteiger partial charge in [0.05, 0.1) is 17.2 Å². The number of nitrogens with two attached hydrogens (primary N) is 1. The van der Waals surface area contributed by atoms with Gasteiger partial charge >= 0.3 is 0 Å². The van der Waals surface area contributed by atoms with Gasteiger partial charge in [-0.3, -0.25) is 14.2 Å². The molecule has 3 aromatic rings. The first kappa shape index (κ1) is 15.7. The number of nitrogens with zero attached hydrogens (tertiary/aromatic N) is 5. The molecular weight excluding hydrogens is 310 g/mol. The summed E-state index contributed by atoms with van der Waals surface area (Å²) >= 11 is 0. The molecule has 1 aromatic carbocycles. The third-order valence-corrected chi connectivity index (χ3v) is 3.52. The summed E-state index contributed by atoms with van der Waals surface area (Å²) in [5, 5.41) is 10.3. The maximum atomic E-state index is 12.6. The van der Waals surface area contributed by atoms with E-state index in [0.29, 0.717) is 34.8 Å². The summed E-state index contributed by atoms with van der Waals surface area (Å²) in [6.45, 7) is 3.46. The van der Waals surface area contributed by atoms with E-state index in [9.17, 15) is 9.59 Å². The number of amides is 1. The van der Waals surface area contributed by atoms with E-state index in [1.807, 2.05) is 0 Å². The van der Waals surface area contributed by atoms with Gasteiger partial charge in [0.1, 0.15) is 12.4 Å². The summed E-state index contributed by atoms with van der Waals surface area (Å²) in [6, 6.07) is 5.22. The van der Waals surface area contributed by atoms with Crippen LogP contribution in [0, 0.1) is 6.92 Å². The van der Waals surface area contributed by atoms with Gasteiger partial charge in [0, 0.05) is 12.1 Å². The molecular formula is C15H17N7O2. The summed E-state index contributed by atoms with van der Waals surface area (Å²) < 4.78 is 2.86. The highest BCUT2D eigenvalue weighted by Gasteiger charge is 2.16. The van der Waals surface area contributed by atoms with Crippen molar-refractivity contribution in [2.24, 2.45) is 0 Å². The number of anilines is 2. The smallest absolute Gasteiger partial charge is 0.254 e. The van der Waals surface area contributed by atoms with Crippen LogP contribution in [0.4, 0.5) is 11.5 Å². The predicted molar refractivity (Wildman–Crippen MR) is 88.5 cm³/mol. The van der Waals surface area contributed by atoms with Crippen molar-refractivity contribution in [1.82, 2.24) is 24.5 Å². The van der Waals surface area contributed by atoms with Crippen LogP contribution in [-0.2, 0) is 11.3 Å². The molecule has 2 aromatic heterocycles. The van der Waals surface area contributed by atoms with Crippen LogP contribution in [0.25, 0.3) is 11.0 Å². The van der Waals surface area contributed by atoms with Crippen LogP contribution in [0.2, 0.25) is 0 Å². The van der Waals surface area contributed by atoms with E-state index in [2.05, 4.69) is 20.6 Å². The second-order valence-corrected chi connectivity index (χ2v) is 5.34. The fourth-order valence-electron chi connectivity index (χ4n) is 2.40. The zero-order valence-corrected chi connectivity index (χ0v) is 13.4. The second kappa shape index (κ2) is 6.11. The van der Waals surface area contributed by atoms with Crippen molar-refractivity contribution in [1.29, 1.82) is 0 Å². The molecule has 0 saturated carbocycles. The molecule has 9 nitrogen and oxygen atoms in total. The Hall–Kier alpha value is -3.23. The van der Waals surface area contributed by atoms with Crippen LogP contribution in [0.1, 0.15) is 24.0 Å². The van der Waals surface area contributed by atoms with E-state index in [0.717, 1.165) is 0 Å². The van der Waals surface area contributed by atoms with Gasteiger partial charge in [0.25, 0.3) is 5.91 Å². The van der Waals surface area contributed by atoms with E-state index in [1.165, 1.54) is 15.4 Å². The summed E-state index contributed by atoms with van der Waals surface area (Å²) in [4.78, 5) is 28.3. The molecule has 0 bridgehead atoms. The van der Waals surface area contributed by atoms with Gasteiger partial charge in [-0.15, -0.1) is 5.10 Å². The topological polar surface area (TPSA) is 121 Å². The number of nitrogen functional groups attached to an aromatic ring is 1. The molecule has 0 radical (unpaired) electrons. The highest BCUT2D eigenvalue weighted by Crippen LogP contribution is 2.19. The maximum absolute atomic E-state index is 12.6. The number of benzene rings is 1. The zero-order chi connectivity index (χ0) is 17.3. The van der Waals surface area contributed by atoms with Gasteiger partial charge in [0.2, 0.25) is 5.91 Å². The van der Waals surface area contributed by atoms with Gasteiger partial charge in [-0.1, -0.05) is 12.1 Å². The fraction of sp³-hybridized carbons (Fsp3) is 0.267. The van der Waals surface area contributed by atoms with Gasteiger partial charge in [-0.25, -0.2) is 9.67 Å². The van der Waals surface area contributed by atoms with E-state index in [4.69, 9.17) is 5.73 Å². The van der Waals surface area contributed by atoms with E-state index in [1.54, 1.807) is 32.0 Å². The number of aromatic nitrogens is 5. The van der Waals surface area contributed by atoms with Gasteiger partial charge in [-0.05, 0) is 25.1 Å². The molecule has 3 N–H and O–H groups in total. The largest absolute Gasteiger partial charge is 0.399 e. The summed E-state index contributed by atoms with van der Waals surface area (Å²) in [5.41, 5.74) is 7.70. The van der Waals surface area contributed by atoms with Crippen molar-refractivity contribution in [3.05, 3.63) is 30.2 Å². The zero-order valence-electron chi connectivity index (χ0n) is 13.4. The Morgan fingerprint density at radius 3 is 2.88 bits per heavy atom. The maximum Gasteiger partial charge on any atom is 0.254 e. The highest BCUT2D eigenvalue weighted by molar-refractivity contribution is 5.92. The monoisotopic (exact) mass is 327 g/mol. The number of hydrogen-bond donors (Lipinski definition) is 2. The minimum atomic E-state index is -0.223. The highest BCUT2D eigenvalue weighted by atomic mass is 16.2. The van der Waals surface area contributed by atoms with E-state index < -0.39 is 0 Å². The Morgan fingerprint density at radius 1 is 1.33 bits per heavy atom. The Bertz CT molecular complexity index is 925.